The molecule has 8 heteroatoms. The van der Waals surface area contributed by atoms with Crippen molar-refractivity contribution in [2.45, 2.75) is 18.4 Å². The van der Waals surface area contributed by atoms with Gasteiger partial charge in [-0.3, -0.25) is 4.79 Å². The summed E-state index contributed by atoms with van der Waals surface area (Å²) in [6.45, 7) is -0.0726. The zero-order valence-electron chi connectivity index (χ0n) is 14.9. The molecule has 0 aliphatic carbocycles. The number of rotatable bonds is 6. The number of nitrogens with zero attached hydrogens (tertiary/aromatic N) is 1. The fraction of sp³-hybridized carbons (Fsp3) is 0.250. The lowest BCUT2D eigenvalue weighted by Gasteiger charge is -2.25. The predicted octanol–water partition coefficient (Wildman–Crippen LogP) is 3.28. The van der Waals surface area contributed by atoms with Gasteiger partial charge in [0.2, 0.25) is 5.91 Å². The summed E-state index contributed by atoms with van der Waals surface area (Å²) in [5.41, 5.74) is 1.52. The Kier molecular flexibility index (Phi) is 6.16. The molecule has 1 fully saturated rings. The Bertz CT molecular complexity index is 857. The van der Waals surface area contributed by atoms with E-state index in [0.29, 0.717) is 17.0 Å². The van der Waals surface area contributed by atoms with E-state index in [1.165, 1.54) is 0 Å². The second kappa shape index (κ2) is 8.75. The highest BCUT2D eigenvalue weighted by Gasteiger charge is 2.41. The van der Waals surface area contributed by atoms with Gasteiger partial charge in [-0.15, -0.1) is 0 Å². The highest BCUT2D eigenvalue weighted by molar-refractivity contribution is 6.30. The number of cyclic esters (lactones) is 1. The van der Waals surface area contributed by atoms with Crippen molar-refractivity contribution < 1.29 is 24.2 Å². The Balaban J connectivity index is 1.85. The number of carboxylic acid groups (broad SMARTS) is 1. The molecule has 0 radical (unpaired) electrons. The van der Waals surface area contributed by atoms with Crippen molar-refractivity contribution in [2.24, 2.45) is 0 Å². The van der Waals surface area contributed by atoms with E-state index in [0.717, 1.165) is 10.5 Å². The van der Waals surface area contributed by atoms with E-state index in [9.17, 15) is 14.4 Å². The van der Waals surface area contributed by atoms with E-state index >= 15 is 0 Å². The Morgan fingerprint density at radius 2 is 1.86 bits per heavy atom. The molecule has 1 aliphatic heterocycles. The van der Waals surface area contributed by atoms with Crippen LogP contribution in [-0.4, -0.2) is 47.3 Å². The lowest BCUT2D eigenvalue weighted by molar-refractivity contribution is -0.130. The largest absolute Gasteiger partial charge is 0.465 e. The third-order valence-corrected chi connectivity index (χ3v) is 4.79. The normalized spacial score (nSPS) is 17.1. The Morgan fingerprint density at radius 3 is 2.50 bits per heavy atom. The van der Waals surface area contributed by atoms with Gasteiger partial charge in [-0.05, 0) is 29.7 Å². The minimum absolute atomic E-state index is 0.0964. The highest BCUT2D eigenvalue weighted by atomic mass is 35.5. The Morgan fingerprint density at radius 1 is 1.18 bits per heavy atom. The van der Waals surface area contributed by atoms with Crippen molar-refractivity contribution in [1.82, 2.24) is 10.2 Å². The van der Waals surface area contributed by atoms with Crippen LogP contribution in [-0.2, 0) is 16.0 Å². The van der Waals surface area contributed by atoms with E-state index < -0.39 is 30.1 Å². The van der Waals surface area contributed by atoms with Gasteiger partial charge in [0.25, 0.3) is 0 Å². The number of hydrogen-bond acceptors (Lipinski definition) is 4. The van der Waals surface area contributed by atoms with Gasteiger partial charge >= 0.3 is 12.2 Å². The highest BCUT2D eigenvalue weighted by Crippen LogP contribution is 2.26. The molecule has 2 aromatic rings. The molecule has 1 aliphatic rings. The van der Waals surface area contributed by atoms with Gasteiger partial charge in [0.1, 0.15) is 6.61 Å². The molecule has 28 heavy (non-hydrogen) atoms. The monoisotopic (exact) mass is 402 g/mol. The van der Waals surface area contributed by atoms with Gasteiger partial charge in [-0.25, -0.2) is 14.5 Å². The Labute approximate surface area is 166 Å². The summed E-state index contributed by atoms with van der Waals surface area (Å²) in [5, 5.41) is 11.7. The first kappa shape index (κ1) is 19.7. The van der Waals surface area contributed by atoms with E-state index in [2.05, 4.69) is 5.32 Å². The predicted molar refractivity (Wildman–Crippen MR) is 102 cm³/mol. The number of nitrogens with one attached hydrogen (secondary N) is 1. The van der Waals surface area contributed by atoms with Gasteiger partial charge in [0.15, 0.2) is 0 Å². The lowest BCUT2D eigenvalue weighted by Crippen LogP contribution is -2.45. The van der Waals surface area contributed by atoms with E-state index in [-0.39, 0.29) is 13.2 Å². The van der Waals surface area contributed by atoms with Gasteiger partial charge in [-0.2, -0.15) is 0 Å². The minimum Gasteiger partial charge on any atom is -0.465 e. The average molecular weight is 403 g/mol. The van der Waals surface area contributed by atoms with Crippen LogP contribution >= 0.6 is 11.6 Å². The van der Waals surface area contributed by atoms with Crippen LogP contribution in [0.3, 0.4) is 0 Å². The van der Waals surface area contributed by atoms with Crippen LogP contribution in [0.25, 0.3) is 0 Å². The molecule has 7 nitrogen and oxygen atoms in total. The molecule has 0 aromatic heterocycles. The molecule has 0 spiro atoms. The summed E-state index contributed by atoms with van der Waals surface area (Å²) in [5.74, 6) is -1.39. The second-order valence-electron chi connectivity index (χ2n) is 6.42. The smallest absolute Gasteiger partial charge is 0.417 e. The Hall–Kier alpha value is -3.06. The molecule has 0 saturated carbocycles. The lowest BCUT2D eigenvalue weighted by atomic mass is 9.96. The van der Waals surface area contributed by atoms with Gasteiger partial charge in [-0.1, -0.05) is 54.1 Å². The van der Waals surface area contributed by atoms with Crippen LogP contribution in [0.4, 0.5) is 9.59 Å². The third kappa shape index (κ3) is 4.61. The molecule has 1 heterocycles. The summed E-state index contributed by atoms with van der Waals surface area (Å²) in [7, 11) is 0. The molecular weight excluding hydrogens is 384 g/mol. The number of hydrogen-bond donors (Lipinski definition) is 2. The van der Waals surface area contributed by atoms with Crippen LogP contribution in [0.2, 0.25) is 5.02 Å². The first-order valence-electron chi connectivity index (χ1n) is 8.71. The van der Waals surface area contributed by atoms with Crippen LogP contribution in [0.1, 0.15) is 17.0 Å². The molecule has 1 saturated heterocycles. The molecular formula is C20H19ClN2O5. The number of imide groups is 1. The molecule has 2 aromatic carbocycles. The van der Waals surface area contributed by atoms with Gasteiger partial charge < -0.3 is 15.2 Å². The van der Waals surface area contributed by atoms with Crippen LogP contribution in [0.15, 0.2) is 54.6 Å². The van der Waals surface area contributed by atoms with Crippen LogP contribution in [0, 0.1) is 0 Å². The third-order valence-electron chi connectivity index (χ3n) is 4.54. The number of amides is 3. The molecule has 2 atom stereocenters. The number of ether oxygens (including phenoxy) is 1. The molecule has 146 valence electrons. The number of carbonyl (C=O) groups is 3. The summed E-state index contributed by atoms with van der Waals surface area (Å²) >= 11 is 5.91. The van der Waals surface area contributed by atoms with Crippen molar-refractivity contribution in [3.05, 3.63) is 70.7 Å². The van der Waals surface area contributed by atoms with Crippen molar-refractivity contribution in [3.63, 3.8) is 0 Å². The summed E-state index contributed by atoms with van der Waals surface area (Å²) in [4.78, 5) is 37.5. The maximum Gasteiger partial charge on any atom is 0.417 e. The van der Waals surface area contributed by atoms with E-state index in [1.54, 1.807) is 24.3 Å². The van der Waals surface area contributed by atoms with Crippen LogP contribution in [0.5, 0.6) is 0 Å². The molecule has 3 amide bonds. The number of halogens is 1. The fourth-order valence-electron chi connectivity index (χ4n) is 3.17. The maximum atomic E-state index is 13.2. The van der Waals surface area contributed by atoms with Crippen molar-refractivity contribution in [1.29, 1.82) is 0 Å². The number of carbonyl (C=O) groups excluding carboxylic acids is 2. The van der Waals surface area contributed by atoms with Gasteiger partial charge in [0, 0.05) is 11.6 Å². The molecule has 2 N–H and O–H groups in total. The molecule has 3 rings (SSSR count). The zero-order chi connectivity index (χ0) is 20.1. The first-order chi connectivity index (χ1) is 13.5. The van der Waals surface area contributed by atoms with E-state index in [4.69, 9.17) is 21.4 Å². The van der Waals surface area contributed by atoms with Crippen LogP contribution < -0.4 is 5.32 Å². The SMILES string of the molecule is O=C(O)NC[C@H](C(=O)N1C(=O)OC[C@H]1Cc1ccccc1)c1ccc(Cl)cc1. The minimum atomic E-state index is -1.25. The number of benzene rings is 2. The standard InChI is InChI=1S/C20H19ClN2O5/c21-15-8-6-14(7-9-15)17(11-22-19(25)26)18(24)23-16(12-28-20(23)27)10-13-4-2-1-3-5-13/h1-9,16-17,22H,10-12H2,(H,25,26)/t16-,17+/m1/s1. The zero-order valence-corrected chi connectivity index (χ0v) is 15.6. The molecule has 0 unspecified atom stereocenters. The van der Waals surface area contributed by atoms with Crippen molar-refractivity contribution in [2.75, 3.05) is 13.2 Å². The van der Waals surface area contributed by atoms with Crippen molar-refractivity contribution >= 4 is 29.7 Å². The topological polar surface area (TPSA) is 95.9 Å². The average Bonchev–Trinajstić information content (AvgIpc) is 3.04. The van der Waals surface area contributed by atoms with E-state index in [1.807, 2.05) is 30.3 Å². The summed E-state index contributed by atoms with van der Waals surface area (Å²) in [6, 6.07) is 15.5. The maximum absolute atomic E-state index is 13.2. The fourth-order valence-corrected chi connectivity index (χ4v) is 3.29. The molecule has 0 bridgehead atoms. The summed E-state index contributed by atoms with van der Waals surface area (Å²) in [6.07, 6.45) is -1.52. The second-order valence-corrected chi connectivity index (χ2v) is 6.86. The first-order valence-corrected chi connectivity index (χ1v) is 9.09. The van der Waals surface area contributed by atoms with Gasteiger partial charge in [0.05, 0.1) is 12.0 Å². The summed E-state index contributed by atoms with van der Waals surface area (Å²) < 4.78 is 5.11. The van der Waals surface area contributed by atoms with Crippen molar-refractivity contribution in [3.8, 4) is 0 Å². The quantitative estimate of drug-likeness (QED) is 0.773.